The number of aliphatic hydroxyl groups is 1. The molecule has 0 spiro atoms. The molecule has 7 heteroatoms. The van der Waals surface area contributed by atoms with Gasteiger partial charge in [0.15, 0.2) is 23.7 Å². The first-order chi connectivity index (χ1) is 16.6. The van der Waals surface area contributed by atoms with Crippen molar-refractivity contribution in [2.75, 3.05) is 26.3 Å². The number of hydrogen-bond acceptors (Lipinski definition) is 7. The smallest absolute Gasteiger partial charge is 0.342 e. The number of aliphatic hydroxyl groups excluding tert-OH is 1. The van der Waals surface area contributed by atoms with Crippen molar-refractivity contribution in [3.05, 3.63) is 96.1 Å². The highest BCUT2D eigenvalue weighted by molar-refractivity contribution is 5.76. The fourth-order valence-electron chi connectivity index (χ4n) is 3.88. The molecule has 0 bridgehead atoms. The van der Waals surface area contributed by atoms with Crippen LogP contribution in [0.25, 0.3) is 0 Å². The van der Waals surface area contributed by atoms with Crippen LogP contribution in [0.15, 0.2) is 84.9 Å². The highest BCUT2D eigenvalue weighted by Gasteiger charge is 2.49. The zero-order chi connectivity index (χ0) is 23.8. The molecule has 0 aromatic heterocycles. The van der Waals surface area contributed by atoms with Crippen LogP contribution in [0.1, 0.15) is 30.3 Å². The molecule has 1 heterocycles. The summed E-state index contributed by atoms with van der Waals surface area (Å²) in [5, 5.41) is 13.9. The molecule has 178 valence electrons. The van der Waals surface area contributed by atoms with Crippen molar-refractivity contribution in [1.29, 1.82) is 0 Å². The van der Waals surface area contributed by atoms with E-state index in [4.69, 9.17) is 18.9 Å². The van der Waals surface area contributed by atoms with Gasteiger partial charge in [0.25, 0.3) is 5.79 Å². The third-order valence-corrected chi connectivity index (χ3v) is 5.50. The minimum atomic E-state index is -1.52. The zero-order valence-corrected chi connectivity index (χ0v) is 19.1. The van der Waals surface area contributed by atoms with Gasteiger partial charge in [-0.05, 0) is 30.2 Å². The molecule has 3 atom stereocenters. The molecule has 1 fully saturated rings. The summed E-state index contributed by atoms with van der Waals surface area (Å²) in [5.74, 6) is -1.28. The van der Waals surface area contributed by atoms with Crippen molar-refractivity contribution in [1.82, 2.24) is 5.32 Å². The summed E-state index contributed by atoms with van der Waals surface area (Å²) in [4.78, 5) is 13.1. The van der Waals surface area contributed by atoms with Crippen molar-refractivity contribution < 1.29 is 28.8 Å². The van der Waals surface area contributed by atoms with Crippen LogP contribution in [-0.4, -0.2) is 43.2 Å². The Balaban J connectivity index is 1.71. The van der Waals surface area contributed by atoms with Crippen LogP contribution in [0.3, 0.4) is 0 Å². The minimum absolute atomic E-state index is 0.177. The third-order valence-electron chi connectivity index (χ3n) is 5.50. The molecule has 1 saturated heterocycles. The number of benzene rings is 3. The number of hydrogen-bond donors (Lipinski definition) is 2. The van der Waals surface area contributed by atoms with Gasteiger partial charge in [-0.3, -0.25) is 0 Å². The largest absolute Gasteiger partial charge is 0.490 e. The van der Waals surface area contributed by atoms with Gasteiger partial charge in [-0.1, -0.05) is 72.8 Å². The average Bonchev–Trinajstić information content (AvgIpc) is 2.89. The van der Waals surface area contributed by atoms with Crippen LogP contribution in [0.4, 0.5) is 0 Å². The van der Waals surface area contributed by atoms with E-state index in [0.29, 0.717) is 36.8 Å². The summed E-state index contributed by atoms with van der Waals surface area (Å²) in [6.07, 6.45) is -2.30. The van der Waals surface area contributed by atoms with Crippen molar-refractivity contribution in [2.45, 2.75) is 24.9 Å². The van der Waals surface area contributed by atoms with E-state index >= 15 is 0 Å². The highest BCUT2D eigenvalue weighted by atomic mass is 16.7. The summed E-state index contributed by atoms with van der Waals surface area (Å²) >= 11 is 0. The van der Waals surface area contributed by atoms with Gasteiger partial charge in [0.05, 0.1) is 19.8 Å². The maximum Gasteiger partial charge on any atom is 0.342 e. The fraction of sp³-hybridized carbons (Fsp3) is 0.296. The van der Waals surface area contributed by atoms with Crippen molar-refractivity contribution >= 4 is 5.97 Å². The molecule has 0 amide bonds. The Morgan fingerprint density at radius 1 is 0.971 bits per heavy atom. The van der Waals surface area contributed by atoms with Gasteiger partial charge in [-0.15, -0.1) is 0 Å². The van der Waals surface area contributed by atoms with E-state index in [9.17, 15) is 9.90 Å². The van der Waals surface area contributed by atoms with E-state index < -0.39 is 24.0 Å². The Bertz CT molecular complexity index is 1050. The first kappa shape index (κ1) is 23.8. The number of esters is 1. The quantitative estimate of drug-likeness (QED) is 0.467. The topological polar surface area (TPSA) is 86.3 Å². The van der Waals surface area contributed by atoms with Crippen LogP contribution in [0, 0.1) is 0 Å². The lowest BCUT2D eigenvalue weighted by Gasteiger charge is -2.42. The number of rotatable bonds is 9. The second-order valence-corrected chi connectivity index (χ2v) is 7.86. The molecule has 7 nitrogen and oxygen atoms in total. The first-order valence-corrected chi connectivity index (χ1v) is 11.4. The highest BCUT2D eigenvalue weighted by Crippen LogP contribution is 2.40. The molecule has 0 radical (unpaired) electrons. The molecule has 3 aromatic carbocycles. The molecule has 0 saturated carbocycles. The summed E-state index contributed by atoms with van der Waals surface area (Å²) < 4.78 is 24.3. The van der Waals surface area contributed by atoms with Crippen LogP contribution < -0.4 is 14.8 Å². The van der Waals surface area contributed by atoms with Crippen molar-refractivity contribution in [2.24, 2.45) is 0 Å². The van der Waals surface area contributed by atoms with E-state index in [0.717, 1.165) is 5.56 Å². The molecular formula is C27H29NO6. The zero-order valence-electron chi connectivity index (χ0n) is 19.1. The lowest BCUT2D eigenvalue weighted by molar-refractivity contribution is -0.279. The first-order valence-electron chi connectivity index (χ1n) is 11.4. The number of carbonyl (C=O) groups is 1. The lowest BCUT2D eigenvalue weighted by atomic mass is 9.99. The monoisotopic (exact) mass is 463 g/mol. The van der Waals surface area contributed by atoms with Crippen LogP contribution in [0.2, 0.25) is 0 Å². The summed E-state index contributed by atoms with van der Waals surface area (Å²) in [7, 11) is 0. The molecule has 3 aromatic rings. The molecule has 34 heavy (non-hydrogen) atoms. The average molecular weight is 464 g/mol. The molecule has 1 aliphatic heterocycles. The molecule has 2 N–H and O–H groups in total. The lowest BCUT2D eigenvalue weighted by Crippen LogP contribution is -2.57. The van der Waals surface area contributed by atoms with E-state index in [1.165, 1.54) is 0 Å². The Morgan fingerprint density at radius 2 is 1.59 bits per heavy atom. The van der Waals surface area contributed by atoms with Crippen LogP contribution >= 0.6 is 0 Å². The van der Waals surface area contributed by atoms with E-state index in [1.54, 1.807) is 30.3 Å². The fourth-order valence-corrected chi connectivity index (χ4v) is 3.88. The van der Waals surface area contributed by atoms with Gasteiger partial charge < -0.3 is 29.4 Å². The number of morpholine rings is 1. The molecule has 4 rings (SSSR count). The number of carbonyl (C=O) groups excluding carboxylic acids is 1. The van der Waals surface area contributed by atoms with Crippen molar-refractivity contribution in [3.8, 4) is 11.5 Å². The van der Waals surface area contributed by atoms with E-state index in [2.05, 4.69) is 5.32 Å². The molecule has 0 aliphatic carbocycles. The van der Waals surface area contributed by atoms with E-state index in [1.807, 2.05) is 61.5 Å². The second-order valence-electron chi connectivity index (χ2n) is 7.86. The summed E-state index contributed by atoms with van der Waals surface area (Å²) in [5.41, 5.74) is 1.18. The van der Waals surface area contributed by atoms with Gasteiger partial charge >= 0.3 is 5.97 Å². The summed E-state index contributed by atoms with van der Waals surface area (Å²) in [6, 6.07) is 25.4. The SMILES string of the molecule is CCOc1ccccc1OC(c1ccccc1)C1(OC(=O)C(O)c2ccccc2)CNCCO1. The van der Waals surface area contributed by atoms with Gasteiger partial charge in [0.1, 0.15) is 0 Å². The van der Waals surface area contributed by atoms with Gasteiger partial charge in [-0.25, -0.2) is 4.79 Å². The molecule has 1 aliphatic rings. The Morgan fingerprint density at radius 3 is 2.21 bits per heavy atom. The Kier molecular flexibility index (Phi) is 7.80. The van der Waals surface area contributed by atoms with Crippen molar-refractivity contribution in [3.63, 3.8) is 0 Å². The van der Waals surface area contributed by atoms with E-state index in [-0.39, 0.29) is 6.54 Å². The Hall–Kier alpha value is -3.39. The van der Waals surface area contributed by atoms with Gasteiger partial charge in [0.2, 0.25) is 0 Å². The maximum absolute atomic E-state index is 13.1. The number of para-hydroxylation sites is 2. The summed E-state index contributed by atoms with van der Waals surface area (Å²) in [6.45, 7) is 3.44. The van der Waals surface area contributed by atoms with Gasteiger partial charge in [-0.2, -0.15) is 0 Å². The molecular weight excluding hydrogens is 434 g/mol. The van der Waals surface area contributed by atoms with Crippen LogP contribution in [0.5, 0.6) is 11.5 Å². The maximum atomic E-state index is 13.1. The predicted molar refractivity (Wildman–Crippen MR) is 126 cm³/mol. The Labute approximate surface area is 199 Å². The third kappa shape index (κ3) is 5.39. The number of ether oxygens (including phenoxy) is 4. The van der Waals surface area contributed by atoms with Gasteiger partial charge in [0, 0.05) is 6.54 Å². The second kappa shape index (κ2) is 11.2. The minimum Gasteiger partial charge on any atom is -0.490 e. The predicted octanol–water partition coefficient (Wildman–Crippen LogP) is 3.80. The standard InChI is InChI=1S/C27H29NO6/c1-2-31-22-15-9-10-16-23(22)33-25(21-13-7-4-8-14-21)27(19-28-17-18-32-27)34-26(30)24(29)20-11-5-3-6-12-20/h3-16,24-25,28-29H,2,17-19H2,1H3. The molecule has 3 unspecified atom stereocenters. The number of nitrogens with one attached hydrogen (secondary N) is 1. The van der Waals surface area contributed by atoms with Crippen LogP contribution in [-0.2, 0) is 14.3 Å². The normalized spacial score (nSPS) is 19.6.